The predicted octanol–water partition coefficient (Wildman–Crippen LogP) is 2.08. The Morgan fingerprint density at radius 3 is 2.53 bits per heavy atom. The minimum Gasteiger partial charge on any atom is -0.381 e. The smallest absolute Gasteiger partial charge is 0.251 e. The molecule has 1 amide bonds. The molecule has 0 heterocycles. The summed E-state index contributed by atoms with van der Waals surface area (Å²) in [5.74, 6) is -0.0443. The normalized spacial score (nSPS) is 10.4. The van der Waals surface area contributed by atoms with E-state index in [1.165, 1.54) is 0 Å². The fourth-order valence-electron chi connectivity index (χ4n) is 1.62. The van der Waals surface area contributed by atoms with Crippen molar-refractivity contribution in [3.05, 3.63) is 35.4 Å². The highest BCUT2D eigenvalue weighted by molar-refractivity contribution is 5.94. The average Bonchev–Trinajstić information content (AvgIpc) is 2.46. The van der Waals surface area contributed by atoms with Crippen LogP contribution in [-0.4, -0.2) is 25.7 Å². The molecule has 0 aromatic heterocycles. The third-order valence-corrected chi connectivity index (χ3v) is 2.85. The van der Waals surface area contributed by atoms with Gasteiger partial charge in [-0.3, -0.25) is 4.79 Å². The number of nitrogens with two attached hydrogens (primary N) is 1. The van der Waals surface area contributed by atoms with E-state index in [9.17, 15) is 4.79 Å². The Bertz CT molecular complexity index is 363. The number of nitrogens with one attached hydrogen (secondary N) is 1. The molecule has 4 heteroatoms. The summed E-state index contributed by atoms with van der Waals surface area (Å²) < 4.78 is 5.43. The van der Waals surface area contributed by atoms with Crippen LogP contribution in [-0.2, 0) is 11.3 Å². The van der Waals surface area contributed by atoms with E-state index in [2.05, 4.69) is 12.2 Å². The van der Waals surface area contributed by atoms with Gasteiger partial charge in [0.05, 0.1) is 0 Å². The van der Waals surface area contributed by atoms with Gasteiger partial charge in [-0.25, -0.2) is 0 Å². The van der Waals surface area contributed by atoms with Gasteiger partial charge in [-0.05, 0) is 30.5 Å². The Morgan fingerprint density at radius 1 is 1.21 bits per heavy atom. The van der Waals surface area contributed by atoms with Gasteiger partial charge in [0.15, 0.2) is 0 Å². The second-order valence-electron chi connectivity index (χ2n) is 4.48. The lowest BCUT2D eigenvalue weighted by Crippen LogP contribution is -2.25. The number of ether oxygens (including phenoxy) is 1. The lowest BCUT2D eigenvalue weighted by atomic mass is 10.1. The van der Waals surface area contributed by atoms with Crippen molar-refractivity contribution >= 4 is 5.91 Å². The van der Waals surface area contributed by atoms with E-state index in [1.54, 1.807) is 12.1 Å². The van der Waals surface area contributed by atoms with E-state index in [1.807, 2.05) is 12.1 Å². The zero-order valence-electron chi connectivity index (χ0n) is 11.7. The van der Waals surface area contributed by atoms with Gasteiger partial charge in [0.1, 0.15) is 0 Å². The average molecular weight is 264 g/mol. The van der Waals surface area contributed by atoms with Crippen molar-refractivity contribution in [2.75, 3.05) is 19.8 Å². The lowest BCUT2D eigenvalue weighted by molar-refractivity contribution is 0.0940. The Hall–Kier alpha value is -1.39. The van der Waals surface area contributed by atoms with Crippen LogP contribution in [0.1, 0.15) is 42.1 Å². The molecule has 0 fully saturated rings. The van der Waals surface area contributed by atoms with Crippen LogP contribution in [0.15, 0.2) is 24.3 Å². The molecule has 1 aromatic rings. The zero-order valence-corrected chi connectivity index (χ0v) is 11.7. The molecule has 0 bridgehead atoms. The first-order valence-electron chi connectivity index (χ1n) is 6.93. The molecule has 0 aliphatic rings. The Kier molecular flexibility index (Phi) is 7.86. The number of unbranched alkanes of at least 4 members (excludes halogenated alkanes) is 1. The molecule has 0 saturated carbocycles. The number of hydrogen-bond donors (Lipinski definition) is 2. The summed E-state index contributed by atoms with van der Waals surface area (Å²) in [5, 5.41) is 2.88. The van der Waals surface area contributed by atoms with Crippen molar-refractivity contribution < 1.29 is 9.53 Å². The summed E-state index contributed by atoms with van der Waals surface area (Å²) in [6.45, 7) is 4.79. The monoisotopic (exact) mass is 264 g/mol. The van der Waals surface area contributed by atoms with Gasteiger partial charge in [-0.1, -0.05) is 25.5 Å². The molecule has 0 unspecified atom stereocenters. The third-order valence-electron chi connectivity index (χ3n) is 2.85. The molecule has 0 aliphatic heterocycles. The van der Waals surface area contributed by atoms with Crippen LogP contribution in [0.2, 0.25) is 0 Å². The first-order chi connectivity index (χ1) is 9.27. The van der Waals surface area contributed by atoms with Crippen LogP contribution < -0.4 is 11.1 Å². The number of carbonyl (C=O) groups is 1. The molecule has 0 aliphatic carbocycles. The van der Waals surface area contributed by atoms with E-state index in [0.29, 0.717) is 25.3 Å². The Balaban J connectivity index is 2.16. The summed E-state index contributed by atoms with van der Waals surface area (Å²) in [5.41, 5.74) is 7.21. The Morgan fingerprint density at radius 2 is 1.89 bits per heavy atom. The second-order valence-corrected chi connectivity index (χ2v) is 4.48. The molecule has 3 N–H and O–H groups in total. The van der Waals surface area contributed by atoms with Gasteiger partial charge in [-0.2, -0.15) is 0 Å². The SMILES string of the molecule is CCCCOCCCNC(=O)c1ccc(CN)cc1. The maximum Gasteiger partial charge on any atom is 0.251 e. The molecule has 0 spiro atoms. The van der Waals surface area contributed by atoms with Crippen LogP contribution in [0, 0.1) is 0 Å². The second kappa shape index (κ2) is 9.53. The number of hydrogen-bond acceptors (Lipinski definition) is 3. The summed E-state index contributed by atoms with van der Waals surface area (Å²) in [6.07, 6.45) is 3.09. The number of carbonyl (C=O) groups excluding carboxylic acids is 1. The zero-order chi connectivity index (χ0) is 13.9. The van der Waals surface area contributed by atoms with Gasteiger partial charge >= 0.3 is 0 Å². The maximum atomic E-state index is 11.8. The van der Waals surface area contributed by atoms with E-state index >= 15 is 0 Å². The van der Waals surface area contributed by atoms with Gasteiger partial charge in [0.25, 0.3) is 5.91 Å². The molecular formula is C15H24N2O2. The third kappa shape index (κ3) is 6.36. The standard InChI is InChI=1S/C15H24N2O2/c1-2-3-10-19-11-4-9-17-15(18)14-7-5-13(12-16)6-8-14/h5-8H,2-4,9-12,16H2,1H3,(H,17,18). The molecule has 1 rings (SSSR count). The van der Waals surface area contributed by atoms with Crippen LogP contribution >= 0.6 is 0 Å². The molecule has 106 valence electrons. The van der Waals surface area contributed by atoms with Crippen molar-refractivity contribution in [2.24, 2.45) is 5.73 Å². The van der Waals surface area contributed by atoms with E-state index in [0.717, 1.165) is 31.4 Å². The first kappa shape index (κ1) is 15.7. The first-order valence-corrected chi connectivity index (χ1v) is 6.93. The summed E-state index contributed by atoms with van der Waals surface area (Å²) in [4.78, 5) is 11.8. The van der Waals surface area contributed by atoms with Crippen LogP contribution in [0.25, 0.3) is 0 Å². The molecule has 0 saturated heterocycles. The van der Waals surface area contributed by atoms with E-state index in [4.69, 9.17) is 10.5 Å². The van der Waals surface area contributed by atoms with Crippen LogP contribution in [0.5, 0.6) is 0 Å². The quantitative estimate of drug-likeness (QED) is 0.671. The molecule has 1 aromatic carbocycles. The highest BCUT2D eigenvalue weighted by atomic mass is 16.5. The summed E-state index contributed by atoms with van der Waals surface area (Å²) in [7, 11) is 0. The van der Waals surface area contributed by atoms with Crippen molar-refractivity contribution in [3.63, 3.8) is 0 Å². The summed E-state index contributed by atoms with van der Waals surface area (Å²) in [6, 6.07) is 7.36. The van der Waals surface area contributed by atoms with Gasteiger partial charge < -0.3 is 15.8 Å². The van der Waals surface area contributed by atoms with Crippen molar-refractivity contribution in [2.45, 2.75) is 32.7 Å². The number of rotatable bonds is 9. The van der Waals surface area contributed by atoms with Gasteiger partial charge in [-0.15, -0.1) is 0 Å². The number of amides is 1. The van der Waals surface area contributed by atoms with Crippen molar-refractivity contribution in [1.29, 1.82) is 0 Å². The molecule has 4 nitrogen and oxygen atoms in total. The topological polar surface area (TPSA) is 64.3 Å². The minimum atomic E-state index is -0.0443. The highest BCUT2D eigenvalue weighted by Gasteiger charge is 2.03. The number of benzene rings is 1. The van der Waals surface area contributed by atoms with E-state index < -0.39 is 0 Å². The fourth-order valence-corrected chi connectivity index (χ4v) is 1.62. The molecular weight excluding hydrogens is 240 g/mol. The van der Waals surface area contributed by atoms with E-state index in [-0.39, 0.29) is 5.91 Å². The fraction of sp³-hybridized carbons (Fsp3) is 0.533. The van der Waals surface area contributed by atoms with Crippen LogP contribution in [0.4, 0.5) is 0 Å². The van der Waals surface area contributed by atoms with Crippen LogP contribution in [0.3, 0.4) is 0 Å². The largest absolute Gasteiger partial charge is 0.381 e. The maximum absolute atomic E-state index is 11.8. The van der Waals surface area contributed by atoms with Crippen molar-refractivity contribution in [3.8, 4) is 0 Å². The summed E-state index contributed by atoms with van der Waals surface area (Å²) >= 11 is 0. The van der Waals surface area contributed by atoms with Crippen molar-refractivity contribution in [1.82, 2.24) is 5.32 Å². The minimum absolute atomic E-state index is 0.0443. The van der Waals surface area contributed by atoms with Gasteiger partial charge in [0, 0.05) is 31.9 Å². The highest BCUT2D eigenvalue weighted by Crippen LogP contribution is 2.03. The molecule has 0 radical (unpaired) electrons. The van der Waals surface area contributed by atoms with Gasteiger partial charge in [0.2, 0.25) is 0 Å². The Labute approximate surface area is 115 Å². The lowest BCUT2D eigenvalue weighted by Gasteiger charge is -2.06. The molecule has 19 heavy (non-hydrogen) atoms. The predicted molar refractivity (Wildman–Crippen MR) is 77.0 cm³/mol. The molecule has 0 atom stereocenters.